The number of fused-ring (bicyclic) bond motifs is 1. The molecule has 4 rings (SSSR count). The number of hydrogen-bond donors (Lipinski definition) is 2. The molecular weight excluding hydrogens is 322 g/mol. The number of carbonyl (C=O) groups is 1. The van der Waals surface area contributed by atoms with E-state index in [0.717, 1.165) is 50.3 Å². The summed E-state index contributed by atoms with van der Waals surface area (Å²) in [6.07, 6.45) is 3.47. The molecule has 2 saturated heterocycles. The molecule has 0 saturated carbocycles. The molecule has 0 radical (unpaired) electrons. The molecule has 2 atom stereocenters. The van der Waals surface area contributed by atoms with E-state index in [0.29, 0.717) is 16.4 Å². The number of nitrogens with zero attached hydrogens (tertiary/aromatic N) is 1. The molecular formula is C19H26ClN3O. The SMILES string of the molecule is CC1(CN2CCC(C3C(=O)Nc4cc(Cl)ccc43)CC2)CCNC1. The Morgan fingerprint density at radius 1 is 1.33 bits per heavy atom. The third-order valence-corrected chi connectivity index (χ3v) is 6.29. The van der Waals surface area contributed by atoms with Gasteiger partial charge in [0, 0.05) is 23.8 Å². The number of amides is 1. The molecule has 5 heteroatoms. The van der Waals surface area contributed by atoms with Gasteiger partial charge >= 0.3 is 0 Å². The van der Waals surface area contributed by atoms with Crippen molar-refractivity contribution in [2.45, 2.75) is 32.1 Å². The summed E-state index contributed by atoms with van der Waals surface area (Å²) in [6.45, 7) is 8.06. The fraction of sp³-hybridized carbons (Fsp3) is 0.632. The van der Waals surface area contributed by atoms with E-state index in [2.05, 4.69) is 22.5 Å². The van der Waals surface area contributed by atoms with Crippen LogP contribution in [0, 0.1) is 11.3 Å². The molecule has 4 nitrogen and oxygen atoms in total. The minimum Gasteiger partial charge on any atom is -0.325 e. The molecule has 1 aromatic carbocycles. The van der Waals surface area contributed by atoms with E-state index in [1.165, 1.54) is 13.0 Å². The Kier molecular flexibility index (Phi) is 4.31. The zero-order valence-corrected chi connectivity index (χ0v) is 15.0. The molecule has 24 heavy (non-hydrogen) atoms. The van der Waals surface area contributed by atoms with Crippen LogP contribution in [0.5, 0.6) is 0 Å². The van der Waals surface area contributed by atoms with Gasteiger partial charge in [-0.05, 0) is 67.9 Å². The lowest BCUT2D eigenvalue weighted by atomic mass is 9.80. The Hall–Kier alpha value is -1.10. The summed E-state index contributed by atoms with van der Waals surface area (Å²) in [7, 11) is 0. The molecule has 3 aliphatic rings. The van der Waals surface area contributed by atoms with Crippen molar-refractivity contribution in [3.8, 4) is 0 Å². The number of halogens is 1. The number of benzene rings is 1. The van der Waals surface area contributed by atoms with Crippen LogP contribution in [-0.2, 0) is 4.79 Å². The third-order valence-electron chi connectivity index (χ3n) is 6.06. The van der Waals surface area contributed by atoms with E-state index < -0.39 is 0 Å². The normalized spacial score (nSPS) is 31.2. The zero-order chi connectivity index (χ0) is 16.7. The molecule has 1 aromatic rings. The molecule has 0 aliphatic carbocycles. The van der Waals surface area contributed by atoms with Gasteiger partial charge in [-0.2, -0.15) is 0 Å². The molecule has 0 bridgehead atoms. The van der Waals surface area contributed by atoms with Gasteiger partial charge in [0.15, 0.2) is 0 Å². The van der Waals surface area contributed by atoms with E-state index >= 15 is 0 Å². The Bertz CT molecular complexity index is 633. The lowest BCUT2D eigenvalue weighted by Crippen LogP contribution is -2.43. The Morgan fingerprint density at radius 2 is 2.12 bits per heavy atom. The average molecular weight is 348 g/mol. The van der Waals surface area contributed by atoms with Crippen molar-refractivity contribution in [2.24, 2.45) is 11.3 Å². The quantitative estimate of drug-likeness (QED) is 0.883. The third kappa shape index (κ3) is 3.07. The van der Waals surface area contributed by atoms with Gasteiger partial charge in [0.2, 0.25) is 5.91 Å². The second-order valence-electron chi connectivity index (χ2n) is 8.05. The highest BCUT2D eigenvalue weighted by atomic mass is 35.5. The summed E-state index contributed by atoms with van der Waals surface area (Å²) in [5, 5.41) is 7.19. The summed E-state index contributed by atoms with van der Waals surface area (Å²) >= 11 is 6.05. The molecule has 2 N–H and O–H groups in total. The van der Waals surface area contributed by atoms with Crippen molar-refractivity contribution >= 4 is 23.2 Å². The standard InChI is InChI=1S/C19H26ClN3O/c1-19(6-7-21-11-19)12-23-8-4-13(5-9-23)17-15-3-2-14(20)10-16(15)22-18(17)24/h2-3,10,13,17,21H,4-9,11-12H2,1H3,(H,22,24). The predicted octanol–water partition coefficient (Wildman–Crippen LogP) is 3.09. The first-order valence-corrected chi connectivity index (χ1v) is 9.45. The Balaban J connectivity index is 1.40. The van der Waals surface area contributed by atoms with Crippen LogP contribution in [0.15, 0.2) is 18.2 Å². The largest absolute Gasteiger partial charge is 0.325 e. The molecule has 3 heterocycles. The van der Waals surface area contributed by atoms with Crippen molar-refractivity contribution < 1.29 is 4.79 Å². The van der Waals surface area contributed by atoms with E-state index in [1.807, 2.05) is 18.2 Å². The maximum absolute atomic E-state index is 12.5. The molecule has 0 aromatic heterocycles. The summed E-state index contributed by atoms with van der Waals surface area (Å²) in [6, 6.07) is 5.80. The number of nitrogens with one attached hydrogen (secondary N) is 2. The number of piperidine rings is 1. The number of rotatable bonds is 3. The smallest absolute Gasteiger partial charge is 0.232 e. The minimum absolute atomic E-state index is 0.00292. The van der Waals surface area contributed by atoms with Gasteiger partial charge in [-0.15, -0.1) is 0 Å². The zero-order valence-electron chi connectivity index (χ0n) is 14.3. The first kappa shape index (κ1) is 16.4. The lowest BCUT2D eigenvalue weighted by molar-refractivity contribution is -0.118. The van der Waals surface area contributed by atoms with Crippen molar-refractivity contribution in [1.29, 1.82) is 0 Å². The van der Waals surface area contributed by atoms with Gasteiger partial charge in [-0.3, -0.25) is 4.79 Å². The Morgan fingerprint density at radius 3 is 2.83 bits per heavy atom. The molecule has 2 fully saturated rings. The van der Waals surface area contributed by atoms with Crippen LogP contribution in [0.4, 0.5) is 5.69 Å². The highest BCUT2D eigenvalue weighted by Gasteiger charge is 2.39. The predicted molar refractivity (Wildman–Crippen MR) is 97.6 cm³/mol. The van der Waals surface area contributed by atoms with Crippen molar-refractivity contribution in [1.82, 2.24) is 10.2 Å². The number of hydrogen-bond acceptors (Lipinski definition) is 3. The van der Waals surface area contributed by atoms with Crippen molar-refractivity contribution in [3.63, 3.8) is 0 Å². The molecule has 130 valence electrons. The van der Waals surface area contributed by atoms with E-state index in [9.17, 15) is 4.79 Å². The average Bonchev–Trinajstić information content (AvgIpc) is 3.11. The Labute approximate surface area is 148 Å². The summed E-state index contributed by atoms with van der Waals surface area (Å²) in [5.74, 6) is 0.596. The molecule has 3 aliphatic heterocycles. The fourth-order valence-corrected chi connectivity index (χ4v) is 4.89. The highest BCUT2D eigenvalue weighted by molar-refractivity contribution is 6.31. The summed E-state index contributed by atoms with van der Waals surface area (Å²) < 4.78 is 0. The fourth-order valence-electron chi connectivity index (χ4n) is 4.72. The molecule has 2 unspecified atom stereocenters. The molecule has 1 amide bonds. The first-order chi connectivity index (χ1) is 11.5. The topological polar surface area (TPSA) is 44.4 Å². The number of carbonyl (C=O) groups excluding carboxylic acids is 1. The number of anilines is 1. The molecule has 0 spiro atoms. The highest BCUT2D eigenvalue weighted by Crippen LogP contribution is 2.42. The van der Waals surface area contributed by atoms with Gasteiger partial charge in [-0.25, -0.2) is 0 Å². The van der Waals surface area contributed by atoms with Crippen LogP contribution in [0.3, 0.4) is 0 Å². The van der Waals surface area contributed by atoms with Gasteiger partial charge in [0.1, 0.15) is 0 Å². The second-order valence-corrected chi connectivity index (χ2v) is 8.49. The van der Waals surface area contributed by atoms with Crippen LogP contribution in [-0.4, -0.2) is 43.5 Å². The van der Waals surface area contributed by atoms with Gasteiger partial charge in [0.25, 0.3) is 0 Å². The first-order valence-electron chi connectivity index (χ1n) is 9.07. The van der Waals surface area contributed by atoms with Crippen LogP contribution in [0.25, 0.3) is 0 Å². The summed E-state index contributed by atoms with van der Waals surface area (Å²) in [5.41, 5.74) is 2.46. The van der Waals surface area contributed by atoms with E-state index in [1.54, 1.807) is 0 Å². The van der Waals surface area contributed by atoms with Gasteiger partial charge in [-0.1, -0.05) is 24.6 Å². The number of likely N-dealkylation sites (tertiary alicyclic amines) is 1. The van der Waals surface area contributed by atoms with Gasteiger partial charge in [0.05, 0.1) is 5.92 Å². The van der Waals surface area contributed by atoms with Gasteiger partial charge < -0.3 is 15.5 Å². The monoisotopic (exact) mass is 347 g/mol. The van der Waals surface area contributed by atoms with Crippen LogP contribution in [0.1, 0.15) is 37.7 Å². The van der Waals surface area contributed by atoms with Crippen LogP contribution in [0.2, 0.25) is 5.02 Å². The van der Waals surface area contributed by atoms with Crippen molar-refractivity contribution in [2.75, 3.05) is 38.0 Å². The van der Waals surface area contributed by atoms with Crippen molar-refractivity contribution in [3.05, 3.63) is 28.8 Å². The second kappa shape index (κ2) is 6.32. The minimum atomic E-state index is 0.00292. The van der Waals surface area contributed by atoms with Crippen LogP contribution >= 0.6 is 11.6 Å². The van der Waals surface area contributed by atoms with E-state index in [-0.39, 0.29) is 11.8 Å². The maximum Gasteiger partial charge on any atom is 0.232 e. The van der Waals surface area contributed by atoms with Crippen LogP contribution < -0.4 is 10.6 Å². The lowest BCUT2D eigenvalue weighted by Gasteiger charge is -2.38. The van der Waals surface area contributed by atoms with E-state index in [4.69, 9.17) is 11.6 Å². The maximum atomic E-state index is 12.5. The summed E-state index contributed by atoms with van der Waals surface area (Å²) in [4.78, 5) is 15.1.